The number of carbonyl (C=O) groups is 3. The van der Waals surface area contributed by atoms with E-state index in [1.807, 2.05) is 60.7 Å². The lowest BCUT2D eigenvalue weighted by atomic mass is 10.1. The van der Waals surface area contributed by atoms with Crippen molar-refractivity contribution >= 4 is 47.2 Å². The van der Waals surface area contributed by atoms with Gasteiger partial charge in [0.2, 0.25) is 0 Å². The molecule has 2 atom stereocenters. The summed E-state index contributed by atoms with van der Waals surface area (Å²) in [6.07, 6.45) is 12.8. The number of ether oxygens (including phenoxy) is 2. The first-order chi connectivity index (χ1) is 20.3. The van der Waals surface area contributed by atoms with Gasteiger partial charge in [0.15, 0.2) is 0 Å². The lowest BCUT2D eigenvalue weighted by Gasteiger charge is -2.30. The Morgan fingerprint density at radius 2 is 1.71 bits per heavy atom. The van der Waals surface area contributed by atoms with E-state index in [9.17, 15) is 19.8 Å². The Balaban J connectivity index is 1.50. The molecule has 2 aromatic carbocycles. The maximum atomic E-state index is 14.2. The molecule has 0 spiro atoms. The average Bonchev–Trinajstić information content (AvgIpc) is 3.38. The molecule has 1 aliphatic carbocycles. The SMILES string of the molecule is C=CC(=O)Oc1cc(C)c(OC(=O)C=C)c2c1SC(C1C(=N)N(Cc3ccccc3)N(CC3=CC=CC=CC3)C1=O)S2. The number of amidine groups is 1. The molecule has 1 amide bonds. The second-order valence-corrected chi connectivity index (χ2v) is 12.3. The van der Waals surface area contributed by atoms with Gasteiger partial charge in [0.05, 0.1) is 27.5 Å². The summed E-state index contributed by atoms with van der Waals surface area (Å²) in [5.41, 5.74) is 2.59. The predicted molar refractivity (Wildman–Crippen MR) is 164 cm³/mol. The minimum atomic E-state index is -0.806. The number of hydrogen-bond donors (Lipinski definition) is 1. The van der Waals surface area contributed by atoms with Gasteiger partial charge < -0.3 is 9.47 Å². The zero-order chi connectivity index (χ0) is 29.8. The Hall–Kier alpha value is -4.28. The first-order valence-corrected chi connectivity index (χ1v) is 15.0. The van der Waals surface area contributed by atoms with Crippen LogP contribution in [0.5, 0.6) is 11.5 Å². The van der Waals surface area contributed by atoms with Crippen LogP contribution in [-0.4, -0.2) is 44.8 Å². The highest BCUT2D eigenvalue weighted by Gasteiger charge is 2.50. The van der Waals surface area contributed by atoms with Gasteiger partial charge in [-0.25, -0.2) is 14.6 Å². The molecule has 10 heteroatoms. The number of nitrogens with one attached hydrogen (secondary N) is 1. The molecule has 2 heterocycles. The van der Waals surface area contributed by atoms with Gasteiger partial charge in [-0.05, 0) is 36.1 Å². The number of amides is 1. The third kappa shape index (κ3) is 6.00. The zero-order valence-electron chi connectivity index (χ0n) is 22.9. The van der Waals surface area contributed by atoms with Crippen molar-refractivity contribution < 1.29 is 23.9 Å². The summed E-state index contributed by atoms with van der Waals surface area (Å²) in [5, 5.41) is 12.6. The number of carbonyl (C=O) groups excluding carboxylic acids is 3. The number of aryl methyl sites for hydroxylation is 1. The van der Waals surface area contributed by atoms with Crippen LogP contribution >= 0.6 is 23.5 Å². The quantitative estimate of drug-likeness (QED) is 0.213. The molecule has 214 valence electrons. The van der Waals surface area contributed by atoms with Crippen LogP contribution in [0.25, 0.3) is 0 Å². The van der Waals surface area contributed by atoms with E-state index in [1.54, 1.807) is 23.0 Å². The summed E-state index contributed by atoms with van der Waals surface area (Å²) in [4.78, 5) is 39.6. The van der Waals surface area contributed by atoms with Crippen LogP contribution in [0.2, 0.25) is 0 Å². The monoisotopic (exact) mass is 599 g/mol. The van der Waals surface area contributed by atoms with Crippen molar-refractivity contribution in [1.82, 2.24) is 10.0 Å². The second-order valence-electron chi connectivity index (χ2n) is 9.68. The third-order valence-corrected chi connectivity index (χ3v) is 9.79. The number of esters is 2. The molecule has 2 unspecified atom stereocenters. The molecule has 1 saturated heterocycles. The third-order valence-electron chi connectivity index (χ3n) is 6.81. The van der Waals surface area contributed by atoms with Crippen molar-refractivity contribution in [3.8, 4) is 11.5 Å². The van der Waals surface area contributed by atoms with Crippen molar-refractivity contribution in [3.63, 3.8) is 0 Å². The summed E-state index contributed by atoms with van der Waals surface area (Å²) in [6, 6.07) is 11.4. The number of rotatable bonds is 9. The summed E-state index contributed by atoms with van der Waals surface area (Å²) in [5.74, 6) is -1.50. The van der Waals surface area contributed by atoms with Crippen LogP contribution in [0.4, 0.5) is 0 Å². The molecule has 42 heavy (non-hydrogen) atoms. The Morgan fingerprint density at radius 3 is 2.45 bits per heavy atom. The van der Waals surface area contributed by atoms with E-state index in [0.717, 1.165) is 23.3 Å². The number of nitrogens with zero attached hydrogens (tertiary/aromatic N) is 2. The highest BCUT2D eigenvalue weighted by molar-refractivity contribution is 8.19. The first kappa shape index (κ1) is 29.2. The Kier molecular flexibility index (Phi) is 8.84. The Labute approximate surface area is 252 Å². The highest BCUT2D eigenvalue weighted by Crippen LogP contribution is 2.59. The van der Waals surface area contributed by atoms with Crippen LogP contribution < -0.4 is 9.47 Å². The number of thioether (sulfide) groups is 2. The van der Waals surface area contributed by atoms with Crippen molar-refractivity contribution in [2.24, 2.45) is 5.92 Å². The fourth-order valence-electron chi connectivity index (χ4n) is 4.78. The van der Waals surface area contributed by atoms with Gasteiger partial charge in [0, 0.05) is 12.2 Å². The van der Waals surface area contributed by atoms with E-state index in [-0.39, 0.29) is 17.5 Å². The van der Waals surface area contributed by atoms with Crippen LogP contribution in [0.3, 0.4) is 0 Å². The first-order valence-electron chi connectivity index (χ1n) is 13.2. The summed E-state index contributed by atoms with van der Waals surface area (Å²) >= 11 is 2.64. The molecule has 1 N–H and O–H groups in total. The average molecular weight is 600 g/mol. The van der Waals surface area contributed by atoms with E-state index >= 15 is 0 Å². The number of allylic oxidation sites excluding steroid dienone is 5. The molecular weight excluding hydrogens is 571 g/mol. The molecule has 3 aliphatic rings. The fourth-order valence-corrected chi connectivity index (χ4v) is 8.00. The molecule has 0 bridgehead atoms. The highest BCUT2D eigenvalue weighted by atomic mass is 32.2. The zero-order valence-corrected chi connectivity index (χ0v) is 24.6. The van der Waals surface area contributed by atoms with Crippen LogP contribution in [-0.2, 0) is 20.9 Å². The number of fused-ring (bicyclic) bond motifs is 1. The minimum Gasteiger partial charge on any atom is -0.422 e. The maximum Gasteiger partial charge on any atom is 0.335 e. The van der Waals surface area contributed by atoms with E-state index in [4.69, 9.17) is 9.47 Å². The molecule has 2 aliphatic heterocycles. The summed E-state index contributed by atoms with van der Waals surface area (Å²) in [6.45, 7) is 9.41. The molecular formula is C32H29N3O5S2. The largest absolute Gasteiger partial charge is 0.422 e. The van der Waals surface area contributed by atoms with Crippen molar-refractivity contribution in [2.75, 3.05) is 6.54 Å². The van der Waals surface area contributed by atoms with E-state index < -0.39 is 22.4 Å². The number of benzene rings is 2. The van der Waals surface area contributed by atoms with E-state index in [2.05, 4.69) is 13.2 Å². The standard InChI is InChI=1S/C32H29N3O5S2/c1-4-24(36)39-23-17-20(3)27(40-25(37)5-2)29-28(23)41-32(42-29)26-30(33)34(18-21-15-11-8-12-16-21)35(31(26)38)19-22-13-9-6-7-10-14-22/h4-13,15-17,26,32-33H,1-2,14,18-19H2,3H3. The van der Waals surface area contributed by atoms with Crippen LogP contribution in [0.15, 0.2) is 107 Å². The molecule has 5 rings (SSSR count). The molecule has 2 aromatic rings. The number of hydrazine groups is 1. The fraction of sp³-hybridized carbons (Fsp3) is 0.188. The van der Waals surface area contributed by atoms with Gasteiger partial charge in [0.1, 0.15) is 23.3 Å². The number of hydrogen-bond acceptors (Lipinski definition) is 8. The Bertz CT molecular complexity index is 1560. The Morgan fingerprint density at radius 1 is 1.00 bits per heavy atom. The summed E-state index contributed by atoms with van der Waals surface area (Å²) < 4.78 is 10.7. The lowest BCUT2D eigenvalue weighted by Crippen LogP contribution is -2.41. The smallest absolute Gasteiger partial charge is 0.335 e. The summed E-state index contributed by atoms with van der Waals surface area (Å²) in [7, 11) is 0. The predicted octanol–water partition coefficient (Wildman–Crippen LogP) is 6.00. The van der Waals surface area contributed by atoms with Gasteiger partial charge in [-0.15, -0.1) is 23.5 Å². The van der Waals surface area contributed by atoms with Crippen molar-refractivity contribution in [2.45, 2.75) is 34.3 Å². The maximum absolute atomic E-state index is 14.2. The van der Waals surface area contributed by atoms with Gasteiger partial charge in [-0.1, -0.05) is 73.9 Å². The molecule has 0 saturated carbocycles. The van der Waals surface area contributed by atoms with Gasteiger partial charge in [-0.3, -0.25) is 15.2 Å². The second kappa shape index (κ2) is 12.7. The van der Waals surface area contributed by atoms with Gasteiger partial charge in [-0.2, -0.15) is 0 Å². The van der Waals surface area contributed by atoms with Crippen LogP contribution in [0, 0.1) is 18.3 Å². The van der Waals surface area contributed by atoms with Crippen molar-refractivity contribution in [3.05, 3.63) is 109 Å². The molecule has 1 fully saturated rings. The van der Waals surface area contributed by atoms with Gasteiger partial charge >= 0.3 is 11.9 Å². The topological polar surface area (TPSA) is 100 Å². The van der Waals surface area contributed by atoms with Crippen molar-refractivity contribution in [1.29, 1.82) is 5.41 Å². The minimum absolute atomic E-state index is 0.174. The molecule has 8 nitrogen and oxygen atoms in total. The van der Waals surface area contributed by atoms with Crippen LogP contribution in [0.1, 0.15) is 17.5 Å². The van der Waals surface area contributed by atoms with Gasteiger partial charge in [0.25, 0.3) is 5.91 Å². The molecule has 0 radical (unpaired) electrons. The molecule has 0 aromatic heterocycles. The lowest BCUT2D eigenvalue weighted by molar-refractivity contribution is -0.138. The van der Waals surface area contributed by atoms with E-state index in [0.29, 0.717) is 40.6 Å². The van der Waals surface area contributed by atoms with E-state index in [1.165, 1.54) is 23.5 Å². The normalized spacial score (nSPS) is 19.3.